The normalized spacial score (nSPS) is 23.2. The van der Waals surface area contributed by atoms with Crippen LogP contribution in [-0.4, -0.2) is 70.8 Å². The molecule has 0 bridgehead atoms. The van der Waals surface area contributed by atoms with Gasteiger partial charge in [0.2, 0.25) is 0 Å². The molecule has 1 aromatic rings. The van der Waals surface area contributed by atoms with Gasteiger partial charge in [0, 0.05) is 18.4 Å². The fourth-order valence-corrected chi connectivity index (χ4v) is 8.36. The van der Waals surface area contributed by atoms with Crippen molar-refractivity contribution in [3.05, 3.63) is 42.0 Å². The van der Waals surface area contributed by atoms with E-state index in [1.165, 1.54) is 0 Å². The molecule has 49 heavy (non-hydrogen) atoms. The van der Waals surface area contributed by atoms with Crippen molar-refractivity contribution in [2.75, 3.05) is 13.7 Å². The molecular weight excluding hydrogens is 649 g/mol. The third-order valence-electron chi connectivity index (χ3n) is 11.9. The number of carbonyl (C=O) groups is 1. The lowest BCUT2D eigenvalue weighted by molar-refractivity contribution is -0.153. The van der Waals surface area contributed by atoms with Gasteiger partial charge in [-0.15, -0.1) is 0 Å². The number of allylic oxidation sites excluding steroid dienone is 2. The average molecular weight is 721 g/mol. The van der Waals surface area contributed by atoms with E-state index in [0.29, 0.717) is 26.1 Å². The Morgan fingerprint density at radius 2 is 1.57 bits per heavy atom. The predicted octanol–water partition coefficient (Wildman–Crippen LogP) is 9.88. The van der Waals surface area contributed by atoms with E-state index in [9.17, 15) is 9.90 Å². The fourth-order valence-electron chi connectivity index (χ4n) is 5.76. The summed E-state index contributed by atoms with van der Waals surface area (Å²) in [6, 6.07) is 7.82. The third-order valence-corrected chi connectivity index (χ3v) is 20.9. The average Bonchev–Trinajstić information content (AvgIpc) is 3.41. The van der Waals surface area contributed by atoms with Crippen LogP contribution in [0, 0.1) is 11.8 Å². The van der Waals surface area contributed by atoms with E-state index in [1.807, 2.05) is 44.2 Å². The molecule has 1 aromatic carbocycles. The summed E-state index contributed by atoms with van der Waals surface area (Å²) in [6.07, 6.45) is 5.55. The van der Waals surface area contributed by atoms with Gasteiger partial charge in [-0.05, 0) is 106 Å². The van der Waals surface area contributed by atoms with Gasteiger partial charge in [0.05, 0.1) is 43.2 Å². The first-order chi connectivity index (χ1) is 22.3. The minimum absolute atomic E-state index is 0.0114. The lowest BCUT2D eigenvalue weighted by Crippen LogP contribution is -2.51. The number of hydrogen-bond donors (Lipinski definition) is 1. The maximum Gasteiger partial charge on any atom is 0.192 e. The molecule has 1 aliphatic rings. The summed E-state index contributed by atoms with van der Waals surface area (Å²) in [5, 5.41) is 11.7. The van der Waals surface area contributed by atoms with E-state index in [0.717, 1.165) is 24.2 Å². The minimum Gasteiger partial charge on any atom is -0.497 e. The van der Waals surface area contributed by atoms with Crippen molar-refractivity contribution in [3.8, 4) is 5.75 Å². The molecule has 0 aliphatic carbocycles. The van der Waals surface area contributed by atoms with Crippen LogP contribution in [0.1, 0.15) is 107 Å². The summed E-state index contributed by atoms with van der Waals surface area (Å²) in [4.78, 5) is 13.6. The van der Waals surface area contributed by atoms with Crippen LogP contribution >= 0.6 is 0 Å². The molecule has 0 aromatic heterocycles. The number of benzene rings is 1. The second kappa shape index (κ2) is 17.0. The highest BCUT2D eigenvalue weighted by Gasteiger charge is 2.50. The van der Waals surface area contributed by atoms with Gasteiger partial charge in [0.1, 0.15) is 5.75 Å². The number of rotatable bonds is 18. The lowest BCUT2D eigenvalue weighted by Gasteiger charge is -2.43. The second-order valence-electron chi connectivity index (χ2n) is 18.1. The molecule has 1 saturated heterocycles. The molecule has 1 aliphatic heterocycles. The zero-order valence-electron chi connectivity index (χ0n) is 34.0. The molecule has 1 N–H and O–H groups in total. The molecule has 9 heteroatoms. The summed E-state index contributed by atoms with van der Waals surface area (Å²) in [5.74, 6) is 0.453. The van der Waals surface area contributed by atoms with Crippen molar-refractivity contribution >= 4 is 22.4 Å². The Kier molecular flexibility index (Phi) is 15.2. The highest BCUT2D eigenvalue weighted by atomic mass is 28.4. The van der Waals surface area contributed by atoms with Gasteiger partial charge in [0.25, 0.3) is 0 Å². The summed E-state index contributed by atoms with van der Waals surface area (Å²) in [6.45, 7) is 33.6. The second-order valence-corrected chi connectivity index (χ2v) is 27.7. The van der Waals surface area contributed by atoms with Crippen LogP contribution in [0.5, 0.6) is 5.75 Å². The first-order valence-electron chi connectivity index (χ1n) is 18.4. The van der Waals surface area contributed by atoms with Crippen LogP contribution < -0.4 is 4.74 Å². The Balaban J connectivity index is 2.06. The van der Waals surface area contributed by atoms with Crippen molar-refractivity contribution in [2.45, 2.75) is 174 Å². The minimum atomic E-state index is -1.97. The number of carbonyl (C=O) groups excluding carboxylic acids is 1. The summed E-state index contributed by atoms with van der Waals surface area (Å²) >= 11 is 0. The lowest BCUT2D eigenvalue weighted by atomic mass is 9.89. The van der Waals surface area contributed by atoms with E-state index in [1.54, 1.807) is 13.2 Å². The SMILES string of the molecule is COc1ccc(CO[C@H]([C@H](C)CO[Si](C)(C)C(C)(C)C)[C@@H](C)C(=O)/C=C/CC[C@](C)(O)[C@H]2CC[C@@](C)([C@@H](C)O[Si](C)(C)C(C)(C)C)O2)cc1. The van der Waals surface area contributed by atoms with E-state index < -0.39 is 27.8 Å². The van der Waals surface area contributed by atoms with Crippen LogP contribution in [-0.2, 0) is 29.7 Å². The molecule has 0 unspecified atom stereocenters. The Bertz CT molecular complexity index is 1210. The van der Waals surface area contributed by atoms with Gasteiger partial charge in [-0.3, -0.25) is 4.79 Å². The predicted molar refractivity (Wildman–Crippen MR) is 207 cm³/mol. The van der Waals surface area contributed by atoms with Crippen LogP contribution in [0.15, 0.2) is 36.4 Å². The Morgan fingerprint density at radius 3 is 2.10 bits per heavy atom. The van der Waals surface area contributed by atoms with E-state index in [4.69, 9.17) is 23.1 Å². The topological polar surface area (TPSA) is 83.5 Å². The van der Waals surface area contributed by atoms with Gasteiger partial charge in [-0.25, -0.2) is 0 Å². The van der Waals surface area contributed by atoms with Gasteiger partial charge < -0.3 is 28.2 Å². The van der Waals surface area contributed by atoms with Gasteiger partial charge in [-0.2, -0.15) is 0 Å². The first-order valence-corrected chi connectivity index (χ1v) is 24.2. The molecule has 2 rings (SSSR count). The third kappa shape index (κ3) is 12.1. The quantitative estimate of drug-likeness (QED) is 0.119. The van der Waals surface area contributed by atoms with Crippen LogP contribution in [0.2, 0.25) is 36.3 Å². The van der Waals surface area contributed by atoms with Crippen molar-refractivity contribution in [2.24, 2.45) is 11.8 Å². The van der Waals surface area contributed by atoms with Crippen molar-refractivity contribution in [3.63, 3.8) is 0 Å². The maximum absolute atomic E-state index is 13.6. The molecule has 7 nitrogen and oxygen atoms in total. The largest absolute Gasteiger partial charge is 0.497 e. The van der Waals surface area contributed by atoms with Gasteiger partial charge in [-0.1, -0.05) is 73.6 Å². The molecule has 0 amide bonds. The smallest absolute Gasteiger partial charge is 0.192 e. The van der Waals surface area contributed by atoms with Crippen molar-refractivity contribution in [1.29, 1.82) is 0 Å². The molecule has 282 valence electrons. The van der Waals surface area contributed by atoms with Crippen molar-refractivity contribution in [1.82, 2.24) is 0 Å². The molecule has 1 heterocycles. The van der Waals surface area contributed by atoms with Crippen LogP contribution in [0.25, 0.3) is 0 Å². The number of methoxy groups -OCH3 is 1. The number of ketones is 1. The Labute approximate surface area is 302 Å². The molecule has 0 spiro atoms. The number of aliphatic hydroxyl groups is 1. The highest BCUT2D eigenvalue weighted by molar-refractivity contribution is 6.74. The zero-order valence-corrected chi connectivity index (χ0v) is 36.0. The van der Waals surface area contributed by atoms with E-state index >= 15 is 0 Å². The van der Waals surface area contributed by atoms with Crippen LogP contribution in [0.3, 0.4) is 0 Å². The van der Waals surface area contributed by atoms with Crippen molar-refractivity contribution < 1.29 is 33.0 Å². The fraction of sp³-hybridized carbons (Fsp3) is 0.775. The summed E-state index contributed by atoms with van der Waals surface area (Å²) < 4.78 is 31.6. The van der Waals surface area contributed by atoms with E-state index in [-0.39, 0.29) is 46.0 Å². The number of ether oxygens (including phenoxy) is 3. The standard InChI is InChI=1S/C40H72O7Si2/c1-29(27-45-48(13,14)37(4,5)6)36(44-28-32-20-22-33(43-12)23-21-32)30(2)34(41)19-17-18-25-39(10,42)35-24-26-40(11,46-35)31(3)47-49(15,16)38(7,8)9/h17,19-23,29-31,35-36,42H,18,24-28H2,1-16H3/b19-17+/t29-,30+,31-,35-,36-,39+,40+/m1/s1. The Morgan fingerprint density at radius 1 is 1.00 bits per heavy atom. The van der Waals surface area contributed by atoms with Gasteiger partial charge >= 0.3 is 0 Å². The first kappa shape index (κ1) is 43.8. The highest BCUT2D eigenvalue weighted by Crippen LogP contribution is 2.44. The Hall–Kier alpha value is -1.34. The molecule has 0 saturated carbocycles. The zero-order chi connectivity index (χ0) is 37.6. The molecule has 1 fully saturated rings. The molecule has 7 atom stereocenters. The molecular formula is C40H72O7Si2. The summed E-state index contributed by atoms with van der Waals surface area (Å²) in [5.41, 5.74) is -0.448. The monoisotopic (exact) mass is 720 g/mol. The van der Waals surface area contributed by atoms with E-state index in [2.05, 4.69) is 88.5 Å². The number of hydrogen-bond acceptors (Lipinski definition) is 7. The maximum atomic E-state index is 13.6. The summed E-state index contributed by atoms with van der Waals surface area (Å²) in [7, 11) is -2.28. The van der Waals surface area contributed by atoms with Crippen LogP contribution in [0.4, 0.5) is 0 Å². The van der Waals surface area contributed by atoms with Gasteiger partial charge in [0.15, 0.2) is 22.4 Å². The molecule has 0 radical (unpaired) electrons.